The quantitative estimate of drug-likeness (QED) is 0.404. The van der Waals surface area contributed by atoms with Gasteiger partial charge in [0.2, 0.25) is 0 Å². The van der Waals surface area contributed by atoms with Gasteiger partial charge in [0.05, 0.1) is 23.7 Å². The lowest BCUT2D eigenvalue weighted by atomic mass is 9.88. The Morgan fingerprint density at radius 2 is 1.76 bits per heavy atom. The molecule has 5 nitrogen and oxygen atoms in total. The summed E-state index contributed by atoms with van der Waals surface area (Å²) in [7, 11) is 1.51. The molecule has 1 aliphatic rings. The van der Waals surface area contributed by atoms with Crippen LogP contribution < -0.4 is 9.47 Å². The molecule has 3 aromatic rings. The Morgan fingerprint density at radius 1 is 0.966 bits per heavy atom. The molecule has 29 heavy (non-hydrogen) atoms. The zero-order valence-electron chi connectivity index (χ0n) is 16.1. The minimum absolute atomic E-state index is 0.0712. The highest BCUT2D eigenvalue weighted by Crippen LogP contribution is 2.37. The normalized spacial score (nSPS) is 12.7. The van der Waals surface area contributed by atoms with Crippen LogP contribution in [0.5, 0.6) is 11.5 Å². The molecule has 0 aliphatic heterocycles. The lowest BCUT2D eigenvalue weighted by molar-refractivity contribution is -0.385. The van der Waals surface area contributed by atoms with Crippen LogP contribution in [0.3, 0.4) is 0 Å². The van der Waals surface area contributed by atoms with E-state index in [0.717, 1.165) is 35.3 Å². The summed E-state index contributed by atoms with van der Waals surface area (Å²) >= 11 is 0. The van der Waals surface area contributed by atoms with Crippen LogP contribution in [-0.2, 0) is 13.0 Å². The molecule has 1 aliphatic carbocycles. The number of benzene rings is 3. The van der Waals surface area contributed by atoms with E-state index in [9.17, 15) is 10.1 Å². The van der Waals surface area contributed by atoms with Crippen molar-refractivity contribution in [1.29, 1.82) is 0 Å². The van der Waals surface area contributed by atoms with Gasteiger partial charge < -0.3 is 9.47 Å². The van der Waals surface area contributed by atoms with Crippen molar-refractivity contribution in [2.45, 2.75) is 19.4 Å². The van der Waals surface area contributed by atoms with E-state index >= 15 is 0 Å². The molecule has 0 spiro atoms. The van der Waals surface area contributed by atoms with Crippen molar-refractivity contribution in [1.82, 2.24) is 0 Å². The van der Waals surface area contributed by atoms with E-state index in [2.05, 4.69) is 6.07 Å². The number of nitro groups is 1. The summed E-state index contributed by atoms with van der Waals surface area (Å²) < 4.78 is 11.1. The standard InChI is InChI=1S/C24H21NO4/c1-28-21-11-12-23(24(15-21)25(26)27)20-8-7-19-14-22(10-9-18(19)13-20)29-16-17-5-3-2-4-6-17/h2-6,9-15H,7-8,16H2,1H3. The summed E-state index contributed by atoms with van der Waals surface area (Å²) in [6, 6.07) is 21.1. The second kappa shape index (κ2) is 8.19. The molecule has 0 bridgehead atoms. The first-order valence-electron chi connectivity index (χ1n) is 9.47. The first-order valence-corrected chi connectivity index (χ1v) is 9.47. The predicted molar refractivity (Wildman–Crippen MR) is 113 cm³/mol. The molecule has 146 valence electrons. The van der Waals surface area contributed by atoms with Gasteiger partial charge in [0.15, 0.2) is 0 Å². The van der Waals surface area contributed by atoms with E-state index in [1.54, 1.807) is 12.1 Å². The van der Waals surface area contributed by atoms with Crippen molar-refractivity contribution in [3.05, 3.63) is 99.1 Å². The van der Waals surface area contributed by atoms with Gasteiger partial charge in [-0.25, -0.2) is 0 Å². The number of hydrogen-bond acceptors (Lipinski definition) is 4. The Balaban J connectivity index is 1.58. The monoisotopic (exact) mass is 387 g/mol. The maximum atomic E-state index is 11.5. The second-order valence-electron chi connectivity index (χ2n) is 6.94. The van der Waals surface area contributed by atoms with E-state index in [0.29, 0.717) is 17.9 Å². The molecule has 3 aromatic carbocycles. The summed E-state index contributed by atoms with van der Waals surface area (Å²) in [6.07, 6.45) is 3.59. The number of rotatable bonds is 6. The van der Waals surface area contributed by atoms with Crippen LogP contribution in [0.25, 0.3) is 11.6 Å². The van der Waals surface area contributed by atoms with Crippen molar-refractivity contribution < 1.29 is 14.4 Å². The van der Waals surface area contributed by atoms with Crippen LogP contribution in [0.4, 0.5) is 5.69 Å². The summed E-state index contributed by atoms with van der Waals surface area (Å²) in [5.74, 6) is 1.32. The Hall–Kier alpha value is -3.60. The minimum atomic E-state index is -0.352. The lowest BCUT2D eigenvalue weighted by Crippen LogP contribution is -2.03. The molecule has 0 saturated heterocycles. The fourth-order valence-electron chi connectivity index (χ4n) is 3.57. The Morgan fingerprint density at radius 3 is 2.52 bits per heavy atom. The molecule has 0 heterocycles. The van der Waals surface area contributed by atoms with Gasteiger partial charge in [-0.15, -0.1) is 0 Å². The van der Waals surface area contributed by atoms with Crippen molar-refractivity contribution in [3.8, 4) is 11.5 Å². The molecular weight excluding hydrogens is 366 g/mol. The fraction of sp³-hybridized carbons (Fsp3) is 0.167. The van der Waals surface area contributed by atoms with Gasteiger partial charge in [-0.1, -0.05) is 42.5 Å². The van der Waals surface area contributed by atoms with Gasteiger partial charge in [0.25, 0.3) is 5.69 Å². The van der Waals surface area contributed by atoms with Gasteiger partial charge in [-0.3, -0.25) is 10.1 Å². The molecule has 0 unspecified atom stereocenters. The van der Waals surface area contributed by atoms with Crippen LogP contribution in [-0.4, -0.2) is 12.0 Å². The zero-order valence-corrected chi connectivity index (χ0v) is 16.1. The summed E-state index contributed by atoms with van der Waals surface area (Å²) in [5, 5.41) is 11.5. The van der Waals surface area contributed by atoms with E-state index in [-0.39, 0.29) is 10.6 Å². The van der Waals surface area contributed by atoms with Crippen molar-refractivity contribution in [3.63, 3.8) is 0 Å². The molecule has 0 radical (unpaired) electrons. The average molecular weight is 387 g/mol. The van der Waals surface area contributed by atoms with Crippen LogP contribution in [0, 0.1) is 10.1 Å². The third-order valence-corrected chi connectivity index (χ3v) is 5.10. The molecule has 0 atom stereocenters. The fourth-order valence-corrected chi connectivity index (χ4v) is 3.57. The Bertz CT molecular complexity index is 1070. The van der Waals surface area contributed by atoms with Crippen LogP contribution in [0.2, 0.25) is 0 Å². The van der Waals surface area contributed by atoms with Crippen molar-refractivity contribution in [2.75, 3.05) is 7.11 Å². The summed E-state index contributed by atoms with van der Waals surface area (Å²) in [6.45, 7) is 0.527. The highest BCUT2D eigenvalue weighted by molar-refractivity contribution is 5.88. The number of allylic oxidation sites excluding steroid dienone is 1. The summed E-state index contributed by atoms with van der Waals surface area (Å²) in [4.78, 5) is 11.2. The number of nitrogens with zero attached hydrogens (tertiary/aromatic N) is 1. The molecule has 0 amide bonds. The number of nitro benzene ring substituents is 1. The van der Waals surface area contributed by atoms with E-state index in [1.807, 2.05) is 48.5 Å². The lowest BCUT2D eigenvalue weighted by Gasteiger charge is -2.18. The molecule has 0 N–H and O–H groups in total. The first-order chi connectivity index (χ1) is 14.1. The van der Waals surface area contributed by atoms with Gasteiger partial charge in [0.1, 0.15) is 18.1 Å². The van der Waals surface area contributed by atoms with Crippen LogP contribution >= 0.6 is 0 Å². The molecular formula is C24H21NO4. The van der Waals surface area contributed by atoms with E-state index in [4.69, 9.17) is 9.47 Å². The molecule has 4 rings (SSSR count). The number of methoxy groups -OCH3 is 1. The molecule has 0 fully saturated rings. The minimum Gasteiger partial charge on any atom is -0.497 e. The number of aryl methyl sites for hydroxylation is 1. The number of hydrogen-bond donors (Lipinski definition) is 0. The molecule has 0 saturated carbocycles. The highest BCUT2D eigenvalue weighted by Gasteiger charge is 2.21. The average Bonchev–Trinajstić information content (AvgIpc) is 2.77. The van der Waals surface area contributed by atoms with E-state index in [1.165, 1.54) is 18.7 Å². The van der Waals surface area contributed by atoms with Gasteiger partial charge in [-0.05, 0) is 59.4 Å². The smallest absolute Gasteiger partial charge is 0.280 e. The maximum absolute atomic E-state index is 11.5. The largest absolute Gasteiger partial charge is 0.497 e. The molecule has 0 aromatic heterocycles. The third kappa shape index (κ3) is 4.14. The van der Waals surface area contributed by atoms with Gasteiger partial charge in [0, 0.05) is 0 Å². The Kier molecular flexibility index (Phi) is 5.29. The van der Waals surface area contributed by atoms with Crippen molar-refractivity contribution >= 4 is 17.3 Å². The predicted octanol–water partition coefficient (Wildman–Crippen LogP) is 5.67. The van der Waals surface area contributed by atoms with Gasteiger partial charge in [-0.2, -0.15) is 0 Å². The highest BCUT2D eigenvalue weighted by atomic mass is 16.6. The maximum Gasteiger partial charge on any atom is 0.280 e. The number of ether oxygens (including phenoxy) is 2. The second-order valence-corrected chi connectivity index (χ2v) is 6.94. The third-order valence-electron chi connectivity index (χ3n) is 5.10. The Labute approximate surface area is 169 Å². The number of fused-ring (bicyclic) bond motifs is 1. The van der Waals surface area contributed by atoms with Crippen LogP contribution in [0.1, 0.15) is 28.7 Å². The van der Waals surface area contributed by atoms with Gasteiger partial charge >= 0.3 is 0 Å². The SMILES string of the molecule is COc1ccc(C2=Cc3ccc(OCc4ccccc4)cc3CC2)c([N+](=O)[O-])c1. The molecule has 5 heteroatoms. The zero-order chi connectivity index (χ0) is 20.2. The van der Waals surface area contributed by atoms with Crippen molar-refractivity contribution in [2.24, 2.45) is 0 Å². The summed E-state index contributed by atoms with van der Waals surface area (Å²) in [5.41, 5.74) is 5.07. The topological polar surface area (TPSA) is 61.6 Å². The van der Waals surface area contributed by atoms with E-state index < -0.39 is 0 Å². The van der Waals surface area contributed by atoms with Crippen LogP contribution in [0.15, 0.2) is 66.7 Å². The first kappa shape index (κ1) is 18.7.